The van der Waals surface area contributed by atoms with Crippen molar-refractivity contribution in [2.45, 2.75) is 32.7 Å². The van der Waals surface area contributed by atoms with Gasteiger partial charge in [-0.05, 0) is 19.9 Å². The van der Waals surface area contributed by atoms with E-state index in [9.17, 15) is 4.79 Å². The van der Waals surface area contributed by atoms with Gasteiger partial charge in [-0.25, -0.2) is 0 Å². The van der Waals surface area contributed by atoms with Gasteiger partial charge >= 0.3 is 0 Å². The topological polar surface area (TPSA) is 35.6 Å². The largest absolute Gasteiger partial charge is 0.348 e. The van der Waals surface area contributed by atoms with Crippen molar-refractivity contribution in [2.24, 2.45) is 0 Å². The zero-order chi connectivity index (χ0) is 12.6. The lowest BCUT2D eigenvalue weighted by Crippen LogP contribution is -2.45. The predicted octanol–water partition coefficient (Wildman–Crippen LogP) is 0.785. The Bertz CT molecular complexity index is 187. The molecule has 1 aliphatic rings. The first-order valence-electron chi connectivity index (χ1n) is 6.23. The summed E-state index contributed by atoms with van der Waals surface area (Å²) in [7, 11) is 5.62. The standard InChI is InChI=1S/C10H21N3O.C2H6/c1-11-9-4-6-13(7-5-9)8-10(14)12(2)3;1-2/h9,11H,4-8H2,1-3H3;1-2H3. The Balaban J connectivity index is 0.00000106. The second-order valence-electron chi connectivity index (χ2n) is 4.13. The maximum Gasteiger partial charge on any atom is 0.236 e. The smallest absolute Gasteiger partial charge is 0.236 e. The number of nitrogens with zero attached hydrogens (tertiary/aromatic N) is 2. The number of piperidine rings is 1. The summed E-state index contributed by atoms with van der Waals surface area (Å²) >= 11 is 0. The SMILES string of the molecule is CC.CNC1CCN(CC(=O)N(C)C)CC1. The van der Waals surface area contributed by atoms with Crippen LogP contribution in [0.2, 0.25) is 0 Å². The van der Waals surface area contributed by atoms with E-state index in [1.54, 1.807) is 4.90 Å². The van der Waals surface area contributed by atoms with Crippen LogP contribution in [-0.2, 0) is 4.79 Å². The van der Waals surface area contributed by atoms with Gasteiger partial charge in [-0.3, -0.25) is 9.69 Å². The van der Waals surface area contributed by atoms with Crippen LogP contribution in [0.15, 0.2) is 0 Å². The molecule has 0 bridgehead atoms. The van der Waals surface area contributed by atoms with Gasteiger partial charge in [0.25, 0.3) is 0 Å². The van der Waals surface area contributed by atoms with E-state index in [0.29, 0.717) is 12.6 Å². The van der Waals surface area contributed by atoms with Gasteiger partial charge in [-0.15, -0.1) is 0 Å². The van der Waals surface area contributed by atoms with E-state index in [0.717, 1.165) is 25.9 Å². The van der Waals surface area contributed by atoms with Crippen LogP contribution < -0.4 is 5.32 Å². The second kappa shape index (κ2) is 8.53. The normalized spacial score (nSPS) is 17.6. The van der Waals surface area contributed by atoms with Crippen LogP contribution in [0.3, 0.4) is 0 Å². The van der Waals surface area contributed by atoms with Gasteiger partial charge in [0.1, 0.15) is 0 Å². The minimum Gasteiger partial charge on any atom is -0.348 e. The summed E-state index contributed by atoms with van der Waals surface area (Å²) in [6.07, 6.45) is 2.30. The number of carbonyl (C=O) groups excluding carboxylic acids is 1. The second-order valence-corrected chi connectivity index (χ2v) is 4.13. The Hall–Kier alpha value is -0.610. The summed E-state index contributed by atoms with van der Waals surface area (Å²) in [5.74, 6) is 0.202. The molecule has 4 heteroatoms. The molecule has 0 aromatic rings. The molecular weight excluding hydrogens is 202 g/mol. The van der Waals surface area contributed by atoms with Crippen molar-refractivity contribution in [1.82, 2.24) is 15.1 Å². The zero-order valence-electron chi connectivity index (χ0n) is 11.4. The summed E-state index contributed by atoms with van der Waals surface area (Å²) in [4.78, 5) is 15.3. The molecular formula is C12H27N3O. The molecule has 1 aliphatic heterocycles. The van der Waals surface area contributed by atoms with E-state index in [4.69, 9.17) is 0 Å². The van der Waals surface area contributed by atoms with Gasteiger partial charge in [0.15, 0.2) is 0 Å². The number of amides is 1. The molecule has 0 aliphatic carbocycles. The summed E-state index contributed by atoms with van der Waals surface area (Å²) in [5.41, 5.74) is 0. The molecule has 0 atom stereocenters. The number of hydrogen-bond acceptors (Lipinski definition) is 3. The number of nitrogens with one attached hydrogen (secondary N) is 1. The highest BCUT2D eigenvalue weighted by molar-refractivity contribution is 5.77. The van der Waals surface area contributed by atoms with Gasteiger partial charge < -0.3 is 10.2 Å². The number of likely N-dealkylation sites (tertiary alicyclic amines) is 1. The third kappa shape index (κ3) is 5.47. The Labute approximate surface area is 100.0 Å². The number of likely N-dealkylation sites (N-methyl/N-ethyl adjacent to an activating group) is 1. The minimum atomic E-state index is 0.202. The maximum atomic E-state index is 11.4. The fourth-order valence-electron chi connectivity index (χ4n) is 1.71. The van der Waals surface area contributed by atoms with Crippen molar-refractivity contribution >= 4 is 5.91 Å². The molecule has 1 N–H and O–H groups in total. The van der Waals surface area contributed by atoms with Crippen molar-refractivity contribution in [2.75, 3.05) is 40.8 Å². The van der Waals surface area contributed by atoms with E-state index in [-0.39, 0.29) is 5.91 Å². The van der Waals surface area contributed by atoms with Crippen LogP contribution in [-0.4, -0.2) is 62.5 Å². The monoisotopic (exact) mass is 229 g/mol. The molecule has 1 heterocycles. The maximum absolute atomic E-state index is 11.4. The third-order valence-corrected chi connectivity index (χ3v) is 2.85. The Morgan fingerprint density at radius 2 is 1.81 bits per heavy atom. The van der Waals surface area contributed by atoms with Crippen LogP contribution in [0.1, 0.15) is 26.7 Å². The average Bonchev–Trinajstić information content (AvgIpc) is 2.32. The summed E-state index contributed by atoms with van der Waals surface area (Å²) in [6, 6.07) is 0.640. The van der Waals surface area contributed by atoms with Crippen molar-refractivity contribution in [3.8, 4) is 0 Å². The van der Waals surface area contributed by atoms with Crippen molar-refractivity contribution in [3.05, 3.63) is 0 Å². The van der Waals surface area contributed by atoms with Crippen molar-refractivity contribution in [3.63, 3.8) is 0 Å². The molecule has 96 valence electrons. The van der Waals surface area contributed by atoms with E-state index in [1.165, 1.54) is 0 Å². The highest BCUT2D eigenvalue weighted by Gasteiger charge is 2.19. The fourth-order valence-corrected chi connectivity index (χ4v) is 1.71. The summed E-state index contributed by atoms with van der Waals surface area (Å²) in [6.45, 7) is 6.64. The van der Waals surface area contributed by atoms with Gasteiger partial charge in [0.05, 0.1) is 6.54 Å². The van der Waals surface area contributed by atoms with Gasteiger partial charge in [0, 0.05) is 33.2 Å². The van der Waals surface area contributed by atoms with E-state index in [2.05, 4.69) is 10.2 Å². The Morgan fingerprint density at radius 3 is 2.19 bits per heavy atom. The first kappa shape index (κ1) is 15.4. The quantitative estimate of drug-likeness (QED) is 0.777. The minimum absolute atomic E-state index is 0.202. The molecule has 1 amide bonds. The van der Waals surface area contributed by atoms with E-state index in [1.807, 2.05) is 35.0 Å². The number of carbonyl (C=O) groups is 1. The van der Waals surface area contributed by atoms with Crippen molar-refractivity contribution in [1.29, 1.82) is 0 Å². The number of rotatable bonds is 3. The van der Waals surface area contributed by atoms with Crippen LogP contribution in [0.4, 0.5) is 0 Å². The lowest BCUT2D eigenvalue weighted by atomic mass is 10.1. The summed E-state index contributed by atoms with van der Waals surface area (Å²) < 4.78 is 0. The lowest BCUT2D eigenvalue weighted by Gasteiger charge is -2.31. The number of hydrogen-bond donors (Lipinski definition) is 1. The zero-order valence-corrected chi connectivity index (χ0v) is 11.4. The molecule has 0 saturated carbocycles. The molecule has 16 heavy (non-hydrogen) atoms. The molecule has 0 aromatic carbocycles. The Kier molecular flexibility index (Phi) is 8.21. The van der Waals surface area contributed by atoms with Crippen molar-refractivity contribution < 1.29 is 4.79 Å². The molecule has 0 aromatic heterocycles. The third-order valence-electron chi connectivity index (χ3n) is 2.85. The first-order chi connectivity index (χ1) is 7.63. The molecule has 0 radical (unpaired) electrons. The molecule has 4 nitrogen and oxygen atoms in total. The van der Waals surface area contributed by atoms with Crippen LogP contribution in [0, 0.1) is 0 Å². The van der Waals surface area contributed by atoms with Crippen LogP contribution in [0.25, 0.3) is 0 Å². The molecule has 0 spiro atoms. The first-order valence-corrected chi connectivity index (χ1v) is 6.23. The Morgan fingerprint density at radius 1 is 1.31 bits per heavy atom. The summed E-state index contributed by atoms with van der Waals surface area (Å²) in [5, 5.41) is 3.28. The average molecular weight is 229 g/mol. The highest BCUT2D eigenvalue weighted by Crippen LogP contribution is 2.09. The molecule has 1 saturated heterocycles. The lowest BCUT2D eigenvalue weighted by molar-refractivity contribution is -0.130. The van der Waals surface area contributed by atoms with E-state index >= 15 is 0 Å². The predicted molar refractivity (Wildman–Crippen MR) is 68.6 cm³/mol. The van der Waals surface area contributed by atoms with Gasteiger partial charge in [0.2, 0.25) is 5.91 Å². The molecule has 0 unspecified atom stereocenters. The van der Waals surface area contributed by atoms with Gasteiger partial charge in [-0.2, -0.15) is 0 Å². The van der Waals surface area contributed by atoms with E-state index < -0.39 is 0 Å². The highest BCUT2D eigenvalue weighted by atomic mass is 16.2. The van der Waals surface area contributed by atoms with Crippen LogP contribution in [0.5, 0.6) is 0 Å². The molecule has 1 rings (SSSR count). The fraction of sp³-hybridized carbons (Fsp3) is 0.917. The molecule has 1 fully saturated rings. The van der Waals surface area contributed by atoms with Crippen LogP contribution >= 0.6 is 0 Å². The van der Waals surface area contributed by atoms with Gasteiger partial charge in [-0.1, -0.05) is 13.8 Å².